The summed E-state index contributed by atoms with van der Waals surface area (Å²) in [5.41, 5.74) is -0.150. The van der Waals surface area contributed by atoms with Crippen molar-refractivity contribution in [1.29, 1.82) is 0 Å². The van der Waals surface area contributed by atoms with E-state index < -0.39 is 0 Å². The molecule has 1 unspecified atom stereocenters. The topological polar surface area (TPSA) is 17.1 Å². The second-order valence-electron chi connectivity index (χ2n) is 5.81. The van der Waals surface area contributed by atoms with Crippen molar-refractivity contribution in [1.82, 2.24) is 0 Å². The van der Waals surface area contributed by atoms with Gasteiger partial charge in [-0.2, -0.15) is 0 Å². The lowest BCUT2D eigenvalue weighted by molar-refractivity contribution is -0.126. The number of Topliss-reactive ketones (excluding diaryl/α,β-unsaturated/α-hetero) is 1. The van der Waals surface area contributed by atoms with Crippen LogP contribution in [0, 0.1) is 11.3 Å². The molecular weight excluding hydrogens is 184 g/mol. The average molecular weight is 212 g/mol. The maximum atomic E-state index is 11.7. The molecule has 0 radical (unpaired) electrons. The minimum absolute atomic E-state index is 0.150. The highest BCUT2D eigenvalue weighted by molar-refractivity contribution is 5.83. The van der Waals surface area contributed by atoms with Crippen LogP contribution in [0.3, 0.4) is 0 Å². The molecule has 0 aromatic heterocycles. The Morgan fingerprint density at radius 1 is 1.13 bits per heavy atom. The maximum absolute atomic E-state index is 11.7. The first-order valence-electron chi connectivity index (χ1n) is 6.41. The Hall–Kier alpha value is -0.330. The van der Waals surface area contributed by atoms with E-state index in [1.165, 1.54) is 25.7 Å². The zero-order valence-corrected chi connectivity index (χ0v) is 11.2. The van der Waals surface area contributed by atoms with Gasteiger partial charge in [-0.15, -0.1) is 0 Å². The summed E-state index contributed by atoms with van der Waals surface area (Å²) >= 11 is 0. The van der Waals surface area contributed by atoms with E-state index >= 15 is 0 Å². The number of ketones is 1. The minimum Gasteiger partial charge on any atom is -0.299 e. The lowest BCUT2D eigenvalue weighted by atomic mass is 9.86. The van der Waals surface area contributed by atoms with E-state index in [0.29, 0.717) is 11.7 Å². The van der Waals surface area contributed by atoms with Crippen LogP contribution < -0.4 is 0 Å². The largest absolute Gasteiger partial charge is 0.299 e. The van der Waals surface area contributed by atoms with E-state index in [0.717, 1.165) is 12.8 Å². The second kappa shape index (κ2) is 7.03. The molecule has 0 spiro atoms. The smallest absolute Gasteiger partial charge is 0.138 e. The Bertz CT molecular complexity index is 176. The minimum atomic E-state index is -0.150. The Morgan fingerprint density at radius 3 is 2.20 bits per heavy atom. The van der Waals surface area contributed by atoms with E-state index in [-0.39, 0.29) is 5.41 Å². The first-order chi connectivity index (χ1) is 6.88. The fourth-order valence-electron chi connectivity index (χ4n) is 1.64. The molecule has 0 heterocycles. The molecule has 0 bridgehead atoms. The van der Waals surface area contributed by atoms with Gasteiger partial charge in [0.15, 0.2) is 0 Å². The Labute approximate surface area is 95.6 Å². The molecule has 1 heteroatoms. The van der Waals surface area contributed by atoms with Crippen molar-refractivity contribution >= 4 is 5.78 Å². The van der Waals surface area contributed by atoms with Crippen LogP contribution in [0.4, 0.5) is 0 Å². The van der Waals surface area contributed by atoms with Gasteiger partial charge < -0.3 is 0 Å². The predicted octanol–water partition coefficient (Wildman–Crippen LogP) is 4.60. The van der Waals surface area contributed by atoms with E-state index in [4.69, 9.17) is 0 Å². The van der Waals surface area contributed by atoms with Gasteiger partial charge in [-0.3, -0.25) is 4.79 Å². The number of carbonyl (C=O) groups is 1. The molecule has 1 nitrogen and oxygen atoms in total. The highest BCUT2D eigenvalue weighted by Gasteiger charge is 2.20. The van der Waals surface area contributed by atoms with Crippen molar-refractivity contribution < 1.29 is 4.79 Å². The van der Waals surface area contributed by atoms with Gasteiger partial charge in [0.05, 0.1) is 0 Å². The first-order valence-corrected chi connectivity index (χ1v) is 6.41. The van der Waals surface area contributed by atoms with Gasteiger partial charge in [-0.25, -0.2) is 0 Å². The van der Waals surface area contributed by atoms with E-state index in [2.05, 4.69) is 13.8 Å². The number of carbonyl (C=O) groups excluding carboxylic acids is 1. The molecule has 0 amide bonds. The summed E-state index contributed by atoms with van der Waals surface area (Å²) in [5.74, 6) is 1.12. The standard InChI is InChI=1S/C14H28O/c1-6-7-8-9-12(2)10-11-13(15)14(3,4)5/h12H,6-11H2,1-5H3. The van der Waals surface area contributed by atoms with Crippen molar-refractivity contribution in [3.05, 3.63) is 0 Å². The van der Waals surface area contributed by atoms with Crippen molar-refractivity contribution in [2.24, 2.45) is 11.3 Å². The van der Waals surface area contributed by atoms with Gasteiger partial charge in [0.25, 0.3) is 0 Å². The summed E-state index contributed by atoms with van der Waals surface area (Å²) in [7, 11) is 0. The molecule has 0 fully saturated rings. The van der Waals surface area contributed by atoms with Gasteiger partial charge in [-0.05, 0) is 12.3 Å². The molecule has 0 aromatic carbocycles. The van der Waals surface area contributed by atoms with Crippen molar-refractivity contribution in [3.8, 4) is 0 Å². The lowest BCUT2D eigenvalue weighted by Gasteiger charge is -2.18. The molecule has 0 aromatic rings. The van der Waals surface area contributed by atoms with Gasteiger partial charge in [-0.1, -0.05) is 60.3 Å². The van der Waals surface area contributed by atoms with E-state index in [1.807, 2.05) is 20.8 Å². The fourth-order valence-corrected chi connectivity index (χ4v) is 1.64. The van der Waals surface area contributed by atoms with Crippen LogP contribution in [0.1, 0.15) is 73.1 Å². The van der Waals surface area contributed by atoms with Crippen LogP contribution >= 0.6 is 0 Å². The Balaban J connectivity index is 3.62. The van der Waals surface area contributed by atoms with Crippen LogP contribution in [0.15, 0.2) is 0 Å². The number of unbranched alkanes of at least 4 members (excludes halogenated alkanes) is 2. The third-order valence-electron chi connectivity index (χ3n) is 3.00. The lowest BCUT2D eigenvalue weighted by Crippen LogP contribution is -2.20. The van der Waals surface area contributed by atoms with Gasteiger partial charge in [0.2, 0.25) is 0 Å². The molecule has 90 valence electrons. The highest BCUT2D eigenvalue weighted by atomic mass is 16.1. The Kier molecular flexibility index (Phi) is 6.87. The summed E-state index contributed by atoms with van der Waals surface area (Å²) in [6.07, 6.45) is 7.05. The summed E-state index contributed by atoms with van der Waals surface area (Å²) < 4.78 is 0. The number of hydrogen-bond acceptors (Lipinski definition) is 1. The first kappa shape index (κ1) is 14.7. The molecule has 0 aliphatic heterocycles. The van der Waals surface area contributed by atoms with Crippen LogP contribution in [0.5, 0.6) is 0 Å². The van der Waals surface area contributed by atoms with Crippen LogP contribution in [-0.2, 0) is 4.79 Å². The van der Waals surface area contributed by atoms with Crippen LogP contribution in [-0.4, -0.2) is 5.78 Å². The maximum Gasteiger partial charge on any atom is 0.138 e. The van der Waals surface area contributed by atoms with Crippen LogP contribution in [0.25, 0.3) is 0 Å². The van der Waals surface area contributed by atoms with Crippen molar-refractivity contribution in [2.45, 2.75) is 73.1 Å². The highest BCUT2D eigenvalue weighted by Crippen LogP contribution is 2.21. The second-order valence-corrected chi connectivity index (χ2v) is 5.81. The summed E-state index contributed by atoms with van der Waals surface area (Å²) in [6.45, 7) is 10.5. The summed E-state index contributed by atoms with van der Waals surface area (Å²) in [6, 6.07) is 0. The third kappa shape index (κ3) is 7.58. The van der Waals surface area contributed by atoms with Crippen molar-refractivity contribution in [3.63, 3.8) is 0 Å². The zero-order chi connectivity index (χ0) is 11.9. The molecule has 0 saturated carbocycles. The quantitative estimate of drug-likeness (QED) is 0.564. The zero-order valence-electron chi connectivity index (χ0n) is 11.2. The fraction of sp³-hybridized carbons (Fsp3) is 0.929. The number of rotatable bonds is 7. The van der Waals surface area contributed by atoms with Gasteiger partial charge in [0, 0.05) is 11.8 Å². The summed E-state index contributed by atoms with van der Waals surface area (Å²) in [4.78, 5) is 11.7. The van der Waals surface area contributed by atoms with Crippen LogP contribution in [0.2, 0.25) is 0 Å². The molecule has 0 aliphatic rings. The molecule has 0 rings (SSSR count). The molecule has 0 aliphatic carbocycles. The molecule has 15 heavy (non-hydrogen) atoms. The third-order valence-corrected chi connectivity index (χ3v) is 3.00. The van der Waals surface area contributed by atoms with E-state index in [1.54, 1.807) is 0 Å². The molecule has 0 saturated heterocycles. The number of hydrogen-bond donors (Lipinski definition) is 0. The van der Waals surface area contributed by atoms with Gasteiger partial charge in [0.1, 0.15) is 5.78 Å². The monoisotopic (exact) mass is 212 g/mol. The molecule has 1 atom stereocenters. The molecular formula is C14H28O. The van der Waals surface area contributed by atoms with Crippen molar-refractivity contribution in [2.75, 3.05) is 0 Å². The SMILES string of the molecule is CCCCCC(C)CCC(=O)C(C)(C)C. The summed E-state index contributed by atoms with van der Waals surface area (Å²) in [5, 5.41) is 0. The molecule has 0 N–H and O–H groups in total. The predicted molar refractivity (Wildman–Crippen MR) is 67.0 cm³/mol. The van der Waals surface area contributed by atoms with Gasteiger partial charge >= 0.3 is 0 Å². The normalized spacial score (nSPS) is 13.9. The average Bonchev–Trinajstić information content (AvgIpc) is 2.13. The van der Waals surface area contributed by atoms with E-state index in [9.17, 15) is 4.79 Å². The Morgan fingerprint density at radius 2 is 1.73 bits per heavy atom.